The van der Waals surface area contributed by atoms with Gasteiger partial charge in [-0.3, -0.25) is 4.57 Å². The summed E-state index contributed by atoms with van der Waals surface area (Å²) >= 11 is 3.06. The molecule has 0 bridgehead atoms. The van der Waals surface area contributed by atoms with E-state index in [9.17, 15) is 0 Å². The molecule has 0 aliphatic carbocycles. The molecule has 9 nitrogen and oxygen atoms in total. The average molecular weight is 619 g/mol. The molecule has 2 aliphatic heterocycles. The molecule has 0 fully saturated rings. The lowest BCUT2D eigenvalue weighted by Gasteiger charge is -2.20. The van der Waals surface area contributed by atoms with Gasteiger partial charge < -0.3 is 9.51 Å². The second-order valence-electron chi connectivity index (χ2n) is 10.7. The highest BCUT2D eigenvalue weighted by atomic mass is 32.1. The highest BCUT2D eigenvalue weighted by Gasteiger charge is 2.30. The van der Waals surface area contributed by atoms with Crippen molar-refractivity contribution in [1.29, 1.82) is 0 Å². The van der Waals surface area contributed by atoms with Gasteiger partial charge in [0.1, 0.15) is 17.0 Å². The van der Waals surface area contributed by atoms with Crippen LogP contribution in [0.5, 0.6) is 0 Å². The predicted molar refractivity (Wildman–Crippen MR) is 178 cm³/mol. The number of fused-ring (bicyclic) bond motifs is 5. The van der Waals surface area contributed by atoms with Gasteiger partial charge in [0.25, 0.3) is 0 Å². The van der Waals surface area contributed by atoms with E-state index >= 15 is 0 Å². The SMILES string of the molecule is c1ccc2sc(-c3nc4nc(-c5noc6ccccc56)nc-4c(-c4cccc5snnc45)n3-c3[nH]cc4ccccc34)cc2c1. The van der Waals surface area contributed by atoms with Crippen LogP contribution in [0.15, 0.2) is 108 Å². The van der Waals surface area contributed by atoms with Crippen molar-refractivity contribution >= 4 is 64.9 Å². The maximum Gasteiger partial charge on any atom is 0.185 e. The number of benzene rings is 4. The van der Waals surface area contributed by atoms with Crippen LogP contribution in [0.2, 0.25) is 0 Å². The summed E-state index contributed by atoms with van der Waals surface area (Å²) in [7, 11) is 0. The lowest BCUT2D eigenvalue weighted by atomic mass is 10.1. The molecule has 0 radical (unpaired) electrons. The van der Waals surface area contributed by atoms with E-state index in [-0.39, 0.29) is 0 Å². The maximum absolute atomic E-state index is 5.64. The summed E-state index contributed by atoms with van der Waals surface area (Å²) in [5, 5.41) is 13.1. The Morgan fingerprint density at radius 2 is 1.51 bits per heavy atom. The maximum atomic E-state index is 5.64. The Labute approximate surface area is 262 Å². The van der Waals surface area contributed by atoms with Crippen molar-refractivity contribution in [3.8, 4) is 50.8 Å². The van der Waals surface area contributed by atoms with Crippen molar-refractivity contribution in [1.82, 2.24) is 39.2 Å². The number of para-hydroxylation sites is 1. The Kier molecular flexibility index (Phi) is 5.12. The molecule has 212 valence electrons. The normalized spacial score (nSPS) is 12.0. The number of hydrogen-bond acceptors (Lipinski definition) is 9. The highest BCUT2D eigenvalue weighted by Crippen LogP contribution is 2.44. The van der Waals surface area contributed by atoms with Crippen LogP contribution in [-0.2, 0) is 0 Å². The van der Waals surface area contributed by atoms with E-state index in [4.69, 9.17) is 19.5 Å². The van der Waals surface area contributed by atoms with E-state index in [1.807, 2.05) is 54.7 Å². The molecule has 0 atom stereocenters. The summed E-state index contributed by atoms with van der Waals surface area (Å²) in [6.07, 6.45) is 2.02. The Morgan fingerprint density at radius 1 is 0.711 bits per heavy atom. The third-order valence-electron chi connectivity index (χ3n) is 8.09. The number of rotatable bonds is 4. The Bertz CT molecular complexity index is 2660. The van der Waals surface area contributed by atoms with Gasteiger partial charge in [0.05, 0.1) is 20.7 Å². The van der Waals surface area contributed by atoms with E-state index in [0.29, 0.717) is 28.6 Å². The predicted octanol–water partition coefficient (Wildman–Crippen LogP) is 8.61. The van der Waals surface area contributed by atoms with Gasteiger partial charge in [-0.1, -0.05) is 76.4 Å². The molecule has 2 aliphatic rings. The second-order valence-corrected chi connectivity index (χ2v) is 12.5. The fourth-order valence-electron chi connectivity index (χ4n) is 6.05. The van der Waals surface area contributed by atoms with Crippen molar-refractivity contribution in [2.24, 2.45) is 0 Å². The summed E-state index contributed by atoms with van der Waals surface area (Å²) < 4.78 is 14.3. The highest BCUT2D eigenvalue weighted by molar-refractivity contribution is 7.22. The van der Waals surface area contributed by atoms with Crippen LogP contribution >= 0.6 is 22.9 Å². The van der Waals surface area contributed by atoms with Gasteiger partial charge in [-0.25, -0.2) is 15.0 Å². The van der Waals surface area contributed by atoms with Crippen LogP contribution < -0.4 is 0 Å². The fourth-order valence-corrected chi connectivity index (χ4v) is 7.68. The molecule has 8 aromatic rings. The van der Waals surface area contributed by atoms with E-state index in [1.165, 1.54) is 16.2 Å². The topological polar surface area (TPSA) is 111 Å². The molecule has 6 heterocycles. The molecule has 4 aromatic carbocycles. The van der Waals surface area contributed by atoms with E-state index < -0.39 is 0 Å². The number of H-pyrrole nitrogens is 1. The molecule has 0 saturated heterocycles. The molecule has 0 spiro atoms. The number of nitrogens with one attached hydrogen (secondary N) is 1. The van der Waals surface area contributed by atoms with Crippen molar-refractivity contribution in [2.75, 3.05) is 0 Å². The van der Waals surface area contributed by atoms with Crippen molar-refractivity contribution < 1.29 is 4.52 Å². The number of aromatic nitrogens is 8. The molecule has 0 amide bonds. The van der Waals surface area contributed by atoms with Gasteiger partial charge in [-0.15, -0.1) is 16.4 Å². The zero-order chi connectivity index (χ0) is 29.5. The lowest BCUT2D eigenvalue weighted by molar-refractivity contribution is 0.459. The van der Waals surface area contributed by atoms with Gasteiger partial charge in [0.2, 0.25) is 0 Å². The van der Waals surface area contributed by atoms with Crippen LogP contribution in [0.4, 0.5) is 0 Å². The zero-order valence-corrected chi connectivity index (χ0v) is 24.8. The number of imidazole rings is 1. The molecule has 0 saturated carbocycles. The fraction of sp³-hybridized carbons (Fsp3) is 0. The summed E-state index contributed by atoms with van der Waals surface area (Å²) in [5.74, 6) is 2.57. The molecule has 4 aromatic heterocycles. The van der Waals surface area contributed by atoms with Crippen LogP contribution in [0.3, 0.4) is 0 Å². The number of nitrogens with zero attached hydrogens (tertiary/aromatic N) is 7. The Balaban J connectivity index is 1.38. The minimum atomic E-state index is 0.448. The summed E-state index contributed by atoms with van der Waals surface area (Å²) in [4.78, 5) is 19.9. The summed E-state index contributed by atoms with van der Waals surface area (Å²) in [5.41, 5.74) is 4.35. The first-order chi connectivity index (χ1) is 22.3. The van der Waals surface area contributed by atoms with Gasteiger partial charge in [0, 0.05) is 27.2 Å². The Hall–Kier alpha value is -5.78. The van der Waals surface area contributed by atoms with Crippen molar-refractivity contribution in [2.45, 2.75) is 0 Å². The van der Waals surface area contributed by atoms with Crippen molar-refractivity contribution in [3.63, 3.8) is 0 Å². The van der Waals surface area contributed by atoms with Gasteiger partial charge in [0.15, 0.2) is 28.8 Å². The molecular weight excluding hydrogens is 601 g/mol. The van der Waals surface area contributed by atoms with Crippen molar-refractivity contribution in [3.05, 3.63) is 103 Å². The first-order valence-corrected chi connectivity index (χ1v) is 15.8. The monoisotopic (exact) mass is 618 g/mol. The largest absolute Gasteiger partial charge is 0.356 e. The molecule has 10 rings (SSSR count). The third kappa shape index (κ3) is 3.65. The standard InChI is InChI=1S/C34H18N8OS2/c1-3-10-20-19(9-1)17-35-33(20)42-30(22-12-7-15-25-27(22)39-41-45-25)29-32(38-34(42)26-16-18-8-2-6-14-24(18)44-26)37-31(36-29)28-21-11-4-5-13-23(21)43-40-28/h1-17,35H. The van der Waals surface area contributed by atoms with E-state index in [1.54, 1.807) is 11.3 Å². The van der Waals surface area contributed by atoms with Gasteiger partial charge in [-0.2, -0.15) is 0 Å². The first kappa shape index (κ1) is 24.6. The Morgan fingerprint density at radius 3 is 2.44 bits per heavy atom. The second kappa shape index (κ2) is 9.36. The quantitative estimate of drug-likeness (QED) is 0.210. The summed E-state index contributed by atoms with van der Waals surface area (Å²) in [6, 6.07) is 32.7. The lowest BCUT2D eigenvalue weighted by Crippen LogP contribution is -2.10. The minimum absolute atomic E-state index is 0.448. The molecule has 0 unspecified atom stereocenters. The minimum Gasteiger partial charge on any atom is -0.356 e. The smallest absolute Gasteiger partial charge is 0.185 e. The van der Waals surface area contributed by atoms with Gasteiger partial charge in [-0.05, 0) is 47.3 Å². The third-order valence-corrected chi connectivity index (χ3v) is 9.89. The molecule has 11 heteroatoms. The number of aromatic amines is 1. The van der Waals surface area contributed by atoms with E-state index in [2.05, 4.69) is 72.8 Å². The first-order valence-electron chi connectivity index (χ1n) is 14.2. The number of thiophene rings is 1. The van der Waals surface area contributed by atoms with E-state index in [0.717, 1.165) is 59.5 Å². The molecular formula is C34H18N8OS2. The molecule has 45 heavy (non-hydrogen) atoms. The van der Waals surface area contributed by atoms with Gasteiger partial charge >= 0.3 is 0 Å². The number of hydrogen-bond donors (Lipinski definition) is 1. The van der Waals surface area contributed by atoms with Crippen LogP contribution in [0.25, 0.3) is 92.9 Å². The summed E-state index contributed by atoms with van der Waals surface area (Å²) in [6.45, 7) is 0. The van der Waals surface area contributed by atoms with Crippen LogP contribution in [0.1, 0.15) is 0 Å². The van der Waals surface area contributed by atoms with Crippen LogP contribution in [0, 0.1) is 0 Å². The van der Waals surface area contributed by atoms with Crippen LogP contribution in [-0.4, -0.2) is 39.2 Å². The zero-order valence-electron chi connectivity index (χ0n) is 23.2. The average Bonchev–Trinajstić information content (AvgIpc) is 3.91. The molecule has 1 N–H and O–H groups in total.